The number of anilines is 2. The van der Waals surface area contributed by atoms with Crippen LogP contribution >= 0.6 is 0 Å². The molecule has 128 valence electrons. The van der Waals surface area contributed by atoms with Gasteiger partial charge >= 0.3 is 0 Å². The van der Waals surface area contributed by atoms with Gasteiger partial charge < -0.3 is 10.6 Å². The Balaban J connectivity index is 1.97. The van der Waals surface area contributed by atoms with E-state index >= 15 is 0 Å². The fourth-order valence-corrected chi connectivity index (χ4v) is 2.62. The van der Waals surface area contributed by atoms with Crippen LogP contribution in [0, 0.1) is 0 Å². The van der Waals surface area contributed by atoms with E-state index < -0.39 is 0 Å². The Bertz CT molecular complexity index is 682. The average molecular weight is 324 g/mol. The lowest BCUT2D eigenvalue weighted by Gasteiger charge is -2.23. The molecule has 2 rings (SSSR count). The first-order chi connectivity index (χ1) is 11.3. The molecule has 0 unspecified atom stereocenters. The van der Waals surface area contributed by atoms with Gasteiger partial charge in [0.2, 0.25) is 5.91 Å². The maximum atomic E-state index is 12.2. The fraction of sp³-hybridized carbons (Fsp3) is 0.381. The monoisotopic (exact) mass is 324 g/mol. The number of para-hydroxylation sites is 1. The van der Waals surface area contributed by atoms with Crippen molar-refractivity contribution in [2.45, 2.75) is 46.0 Å². The lowest BCUT2D eigenvalue weighted by Crippen LogP contribution is -2.23. The summed E-state index contributed by atoms with van der Waals surface area (Å²) in [5.74, 6) is 0.446. The minimum atomic E-state index is -0.0454. The first-order valence-corrected chi connectivity index (χ1v) is 8.50. The molecule has 2 aromatic carbocycles. The first kappa shape index (κ1) is 18.1. The van der Waals surface area contributed by atoms with Crippen LogP contribution in [0.25, 0.3) is 0 Å². The van der Waals surface area contributed by atoms with Crippen LogP contribution < -0.4 is 10.6 Å². The number of amides is 1. The van der Waals surface area contributed by atoms with E-state index in [0.717, 1.165) is 11.4 Å². The molecule has 0 aromatic heterocycles. The van der Waals surface area contributed by atoms with E-state index in [0.29, 0.717) is 5.92 Å². The lowest BCUT2D eigenvalue weighted by molar-refractivity contribution is -0.114. The minimum Gasteiger partial charge on any atom is -0.376 e. The van der Waals surface area contributed by atoms with E-state index in [1.165, 1.54) is 11.1 Å². The summed E-state index contributed by atoms with van der Waals surface area (Å²) < 4.78 is 0. The molecule has 0 atom stereocenters. The summed E-state index contributed by atoms with van der Waals surface area (Å²) >= 11 is 0. The maximum Gasteiger partial charge on any atom is 0.243 e. The van der Waals surface area contributed by atoms with E-state index in [1.807, 2.05) is 30.3 Å². The number of rotatable bonds is 5. The number of benzene rings is 2. The Hall–Kier alpha value is -2.29. The quantitative estimate of drug-likeness (QED) is 0.798. The Morgan fingerprint density at radius 2 is 1.62 bits per heavy atom. The summed E-state index contributed by atoms with van der Waals surface area (Å²) in [5.41, 5.74) is 4.35. The van der Waals surface area contributed by atoms with Gasteiger partial charge in [-0.25, -0.2) is 0 Å². The topological polar surface area (TPSA) is 41.1 Å². The zero-order chi connectivity index (χ0) is 17.7. The number of hydrogen-bond donors (Lipinski definition) is 2. The van der Waals surface area contributed by atoms with Crippen LogP contribution in [0.4, 0.5) is 11.4 Å². The van der Waals surface area contributed by atoms with Crippen LogP contribution in [0.2, 0.25) is 0 Å². The van der Waals surface area contributed by atoms with E-state index in [-0.39, 0.29) is 17.9 Å². The number of carbonyl (C=O) groups excluding carboxylic acids is 1. The highest BCUT2D eigenvalue weighted by atomic mass is 16.1. The first-order valence-electron chi connectivity index (χ1n) is 8.50. The van der Waals surface area contributed by atoms with Gasteiger partial charge in [-0.1, -0.05) is 65.0 Å². The minimum absolute atomic E-state index is 0.0345. The van der Waals surface area contributed by atoms with Crippen molar-refractivity contribution in [2.24, 2.45) is 0 Å². The van der Waals surface area contributed by atoms with Crippen molar-refractivity contribution in [1.82, 2.24) is 0 Å². The van der Waals surface area contributed by atoms with Gasteiger partial charge in [0, 0.05) is 11.4 Å². The van der Waals surface area contributed by atoms with Crippen LogP contribution in [0.3, 0.4) is 0 Å². The van der Waals surface area contributed by atoms with Gasteiger partial charge in [-0.15, -0.1) is 0 Å². The number of hydrogen-bond acceptors (Lipinski definition) is 2. The van der Waals surface area contributed by atoms with Gasteiger partial charge in [-0.3, -0.25) is 4.79 Å². The molecule has 0 bridgehead atoms. The van der Waals surface area contributed by atoms with Gasteiger partial charge in [-0.05, 0) is 40.7 Å². The summed E-state index contributed by atoms with van der Waals surface area (Å²) in [6.45, 7) is 11.1. The lowest BCUT2D eigenvalue weighted by atomic mass is 9.86. The predicted molar refractivity (Wildman–Crippen MR) is 103 cm³/mol. The standard InChI is InChI=1S/C21H28N2O/c1-15(2)16-10-12-17(13-11-16)23-20(24)14-22-19-9-7-6-8-18(19)21(3,4)5/h6-13,15,22H,14H2,1-5H3,(H,23,24). The summed E-state index contributed by atoms with van der Waals surface area (Å²) in [6.07, 6.45) is 0. The Morgan fingerprint density at radius 1 is 1.00 bits per heavy atom. The van der Waals surface area contributed by atoms with Gasteiger partial charge in [0.25, 0.3) is 0 Å². The third-order valence-electron chi connectivity index (χ3n) is 4.04. The summed E-state index contributed by atoms with van der Waals surface area (Å²) in [6, 6.07) is 16.2. The molecule has 0 aliphatic heterocycles. The second kappa shape index (κ2) is 7.52. The van der Waals surface area contributed by atoms with Crippen molar-refractivity contribution < 1.29 is 4.79 Å². The van der Waals surface area contributed by atoms with Crippen LogP contribution in [0.5, 0.6) is 0 Å². The molecule has 0 aliphatic carbocycles. The molecular weight excluding hydrogens is 296 g/mol. The average Bonchev–Trinajstić information content (AvgIpc) is 2.53. The van der Waals surface area contributed by atoms with E-state index in [4.69, 9.17) is 0 Å². The molecule has 0 heterocycles. The van der Waals surface area contributed by atoms with Crippen LogP contribution in [-0.4, -0.2) is 12.5 Å². The highest BCUT2D eigenvalue weighted by Gasteiger charge is 2.17. The molecule has 0 saturated heterocycles. The largest absolute Gasteiger partial charge is 0.376 e. The van der Waals surface area contributed by atoms with E-state index in [2.05, 4.69) is 63.5 Å². The Labute approximate surface area is 145 Å². The third-order valence-corrected chi connectivity index (χ3v) is 4.04. The van der Waals surface area contributed by atoms with Crippen molar-refractivity contribution in [2.75, 3.05) is 17.2 Å². The fourth-order valence-electron chi connectivity index (χ4n) is 2.62. The second-order valence-corrected chi connectivity index (χ2v) is 7.47. The van der Waals surface area contributed by atoms with Gasteiger partial charge in [0.15, 0.2) is 0 Å². The van der Waals surface area contributed by atoms with Crippen molar-refractivity contribution in [3.05, 3.63) is 59.7 Å². The molecule has 0 aliphatic rings. The molecule has 3 nitrogen and oxygen atoms in total. The predicted octanol–water partition coefficient (Wildman–Crippen LogP) is 5.16. The molecule has 1 amide bonds. The van der Waals surface area contributed by atoms with Crippen LogP contribution in [0.1, 0.15) is 51.7 Å². The van der Waals surface area contributed by atoms with Crippen molar-refractivity contribution in [3.63, 3.8) is 0 Å². The third kappa shape index (κ3) is 4.85. The van der Waals surface area contributed by atoms with Gasteiger partial charge in [0.1, 0.15) is 0 Å². The van der Waals surface area contributed by atoms with E-state index in [1.54, 1.807) is 0 Å². The molecule has 0 fully saturated rings. The summed E-state index contributed by atoms with van der Waals surface area (Å²) in [4.78, 5) is 12.2. The molecule has 0 saturated carbocycles. The zero-order valence-electron chi connectivity index (χ0n) is 15.3. The highest BCUT2D eigenvalue weighted by Crippen LogP contribution is 2.29. The normalized spacial score (nSPS) is 11.4. The SMILES string of the molecule is CC(C)c1ccc(NC(=O)CNc2ccccc2C(C)(C)C)cc1. The molecule has 2 aromatic rings. The molecule has 0 radical (unpaired) electrons. The Kier molecular flexibility index (Phi) is 5.66. The maximum absolute atomic E-state index is 12.2. The van der Waals surface area contributed by atoms with Gasteiger partial charge in [0.05, 0.1) is 6.54 Å². The number of carbonyl (C=O) groups is 1. The second-order valence-electron chi connectivity index (χ2n) is 7.47. The molecule has 3 heteroatoms. The van der Waals surface area contributed by atoms with Crippen LogP contribution in [-0.2, 0) is 10.2 Å². The molecule has 2 N–H and O–H groups in total. The van der Waals surface area contributed by atoms with Crippen LogP contribution in [0.15, 0.2) is 48.5 Å². The highest BCUT2D eigenvalue weighted by molar-refractivity contribution is 5.93. The smallest absolute Gasteiger partial charge is 0.243 e. The Morgan fingerprint density at radius 3 is 2.21 bits per heavy atom. The molecule has 24 heavy (non-hydrogen) atoms. The van der Waals surface area contributed by atoms with Crippen molar-refractivity contribution >= 4 is 17.3 Å². The summed E-state index contributed by atoms with van der Waals surface area (Å²) in [7, 11) is 0. The molecule has 0 spiro atoms. The number of nitrogens with one attached hydrogen (secondary N) is 2. The van der Waals surface area contributed by atoms with Crippen molar-refractivity contribution in [3.8, 4) is 0 Å². The zero-order valence-corrected chi connectivity index (χ0v) is 15.3. The van der Waals surface area contributed by atoms with Crippen molar-refractivity contribution in [1.29, 1.82) is 0 Å². The molecular formula is C21H28N2O. The van der Waals surface area contributed by atoms with Gasteiger partial charge in [-0.2, -0.15) is 0 Å². The van der Waals surface area contributed by atoms with E-state index in [9.17, 15) is 4.79 Å². The summed E-state index contributed by atoms with van der Waals surface area (Å²) in [5, 5.41) is 6.19.